The van der Waals surface area contributed by atoms with Gasteiger partial charge in [-0.25, -0.2) is 4.79 Å². The van der Waals surface area contributed by atoms with E-state index in [9.17, 15) is 15.0 Å². The van der Waals surface area contributed by atoms with E-state index in [0.29, 0.717) is 17.9 Å². The molecule has 6 heteroatoms. The predicted molar refractivity (Wildman–Crippen MR) is 126 cm³/mol. The fourth-order valence-electron chi connectivity index (χ4n) is 4.35. The number of hydrogen-bond donors (Lipinski definition) is 3. The molecule has 3 N–H and O–H groups in total. The van der Waals surface area contributed by atoms with Crippen LogP contribution in [0.1, 0.15) is 42.1 Å². The van der Waals surface area contributed by atoms with Crippen LogP contribution in [-0.2, 0) is 4.74 Å². The smallest absolute Gasteiger partial charge is 0.407 e. The molecule has 1 amide bonds. The first kappa shape index (κ1) is 22.8. The fourth-order valence-corrected chi connectivity index (χ4v) is 4.35. The number of rotatable bonds is 9. The molecule has 2 unspecified atom stereocenters. The average Bonchev–Trinajstić information content (AvgIpc) is 3.16. The third kappa shape index (κ3) is 5.02. The summed E-state index contributed by atoms with van der Waals surface area (Å²) in [7, 11) is 0. The summed E-state index contributed by atoms with van der Waals surface area (Å²) in [6.07, 6.45) is -2.54. The van der Waals surface area contributed by atoms with Crippen LogP contribution in [0.3, 0.4) is 0 Å². The van der Waals surface area contributed by atoms with E-state index in [2.05, 4.69) is 29.6 Å². The molecule has 172 valence electrons. The molecule has 0 fully saturated rings. The lowest BCUT2D eigenvalue weighted by Gasteiger charge is -2.21. The number of fused-ring (bicyclic) bond motifs is 3. The van der Waals surface area contributed by atoms with Crippen molar-refractivity contribution >= 4 is 6.09 Å². The Labute approximate surface area is 193 Å². The third-order valence-electron chi connectivity index (χ3n) is 5.96. The van der Waals surface area contributed by atoms with E-state index < -0.39 is 18.3 Å². The maximum absolute atomic E-state index is 12.3. The number of aliphatic hydroxyl groups is 2. The highest BCUT2D eigenvalue weighted by Gasteiger charge is 2.29. The van der Waals surface area contributed by atoms with Gasteiger partial charge in [0, 0.05) is 18.0 Å². The minimum Gasteiger partial charge on any atom is -0.493 e. The van der Waals surface area contributed by atoms with Crippen molar-refractivity contribution in [3.63, 3.8) is 0 Å². The van der Waals surface area contributed by atoms with E-state index in [0.717, 1.165) is 11.1 Å². The number of carbonyl (C=O) groups excluding carboxylic acids is 1. The van der Waals surface area contributed by atoms with Crippen LogP contribution in [0.4, 0.5) is 4.79 Å². The van der Waals surface area contributed by atoms with Gasteiger partial charge in [0.2, 0.25) is 0 Å². The number of nitrogens with one attached hydrogen (secondary N) is 1. The number of benzene rings is 3. The number of para-hydroxylation sites is 1. The Morgan fingerprint density at radius 1 is 0.939 bits per heavy atom. The number of aliphatic hydroxyl groups excluding tert-OH is 2. The maximum Gasteiger partial charge on any atom is 0.407 e. The Kier molecular flexibility index (Phi) is 7.27. The number of ether oxygens (including phenoxy) is 2. The normalized spacial score (nSPS) is 14.2. The van der Waals surface area contributed by atoms with Gasteiger partial charge >= 0.3 is 6.09 Å². The number of hydrogen-bond acceptors (Lipinski definition) is 5. The van der Waals surface area contributed by atoms with Crippen LogP contribution in [0.15, 0.2) is 72.8 Å². The lowest BCUT2D eigenvalue weighted by atomic mass is 9.98. The van der Waals surface area contributed by atoms with Gasteiger partial charge in [-0.3, -0.25) is 0 Å². The summed E-state index contributed by atoms with van der Waals surface area (Å²) in [5.74, 6) is 0.529. The van der Waals surface area contributed by atoms with Crippen molar-refractivity contribution in [2.45, 2.75) is 31.5 Å². The van der Waals surface area contributed by atoms with Gasteiger partial charge in [-0.2, -0.15) is 0 Å². The summed E-state index contributed by atoms with van der Waals surface area (Å²) >= 11 is 0. The maximum atomic E-state index is 12.3. The molecule has 0 aromatic heterocycles. The lowest BCUT2D eigenvalue weighted by molar-refractivity contribution is 0.0121. The second-order valence-electron chi connectivity index (χ2n) is 8.02. The van der Waals surface area contributed by atoms with Gasteiger partial charge in [-0.15, -0.1) is 0 Å². The van der Waals surface area contributed by atoms with Crippen LogP contribution in [0.5, 0.6) is 5.75 Å². The van der Waals surface area contributed by atoms with Crippen LogP contribution >= 0.6 is 0 Å². The number of alkyl carbamates (subject to hydrolysis) is 1. The fraction of sp³-hybridized carbons (Fsp3) is 0.296. The minimum atomic E-state index is -1.11. The van der Waals surface area contributed by atoms with Crippen LogP contribution in [0.25, 0.3) is 11.1 Å². The molecule has 0 spiro atoms. The molecular formula is C27H29NO5. The molecule has 0 heterocycles. The molecule has 0 aliphatic heterocycles. The molecule has 2 atom stereocenters. The van der Waals surface area contributed by atoms with E-state index in [1.54, 1.807) is 18.2 Å². The van der Waals surface area contributed by atoms with E-state index >= 15 is 0 Å². The zero-order valence-electron chi connectivity index (χ0n) is 18.6. The standard InChI is InChI=1S/C27H29NO5/c1-2-32-25-14-8-7-13-22(25)26(30)24(29)15-16-28-27(31)33-17-23-20-11-5-3-9-18(20)19-10-4-6-12-21(19)23/h3-14,23-24,26,29-30H,2,15-17H2,1H3,(H,28,31). The molecule has 0 saturated carbocycles. The minimum absolute atomic E-state index is 0.00868. The highest BCUT2D eigenvalue weighted by atomic mass is 16.5. The zero-order chi connectivity index (χ0) is 23.2. The van der Waals surface area contributed by atoms with Crippen molar-refractivity contribution in [3.05, 3.63) is 89.5 Å². The molecule has 0 saturated heterocycles. The van der Waals surface area contributed by atoms with Crippen LogP contribution in [-0.4, -0.2) is 42.2 Å². The van der Waals surface area contributed by atoms with Crippen molar-refractivity contribution in [1.82, 2.24) is 5.32 Å². The molecule has 6 nitrogen and oxygen atoms in total. The molecule has 0 radical (unpaired) electrons. The number of amides is 1. The Morgan fingerprint density at radius 2 is 1.55 bits per heavy atom. The molecule has 0 bridgehead atoms. The summed E-state index contributed by atoms with van der Waals surface area (Å²) in [4.78, 5) is 12.3. The van der Waals surface area contributed by atoms with Gasteiger partial charge in [-0.1, -0.05) is 66.7 Å². The quantitative estimate of drug-likeness (QED) is 0.452. The third-order valence-corrected chi connectivity index (χ3v) is 5.96. The number of carbonyl (C=O) groups is 1. The SMILES string of the molecule is CCOc1ccccc1C(O)C(O)CCNC(=O)OCC1c2ccccc2-c2ccccc21. The van der Waals surface area contributed by atoms with Gasteiger partial charge in [-0.05, 0) is 41.7 Å². The van der Waals surface area contributed by atoms with Crippen molar-refractivity contribution in [3.8, 4) is 16.9 Å². The average molecular weight is 448 g/mol. The molecule has 1 aliphatic rings. The summed E-state index contributed by atoms with van der Waals surface area (Å²) in [5.41, 5.74) is 5.17. The Hall–Kier alpha value is -3.35. The Bertz CT molecular complexity index is 1050. The van der Waals surface area contributed by atoms with E-state index in [1.807, 2.05) is 37.3 Å². The van der Waals surface area contributed by atoms with Crippen molar-refractivity contribution in [2.75, 3.05) is 19.8 Å². The van der Waals surface area contributed by atoms with Gasteiger partial charge in [0.1, 0.15) is 18.5 Å². The molecule has 3 aromatic rings. The summed E-state index contributed by atoms with van der Waals surface area (Å²) in [6, 6.07) is 23.4. The van der Waals surface area contributed by atoms with Crippen LogP contribution < -0.4 is 10.1 Å². The van der Waals surface area contributed by atoms with Crippen molar-refractivity contribution < 1.29 is 24.5 Å². The second kappa shape index (κ2) is 10.5. The first-order chi connectivity index (χ1) is 16.1. The first-order valence-corrected chi connectivity index (χ1v) is 11.3. The summed E-state index contributed by atoms with van der Waals surface area (Å²) < 4.78 is 11.0. The molecule has 3 aromatic carbocycles. The molecule has 4 rings (SSSR count). The van der Waals surface area contributed by atoms with Gasteiger partial charge < -0.3 is 25.0 Å². The van der Waals surface area contributed by atoms with Crippen LogP contribution in [0, 0.1) is 0 Å². The molecular weight excluding hydrogens is 418 g/mol. The summed E-state index contributed by atoms with van der Waals surface area (Å²) in [6.45, 7) is 2.72. The van der Waals surface area contributed by atoms with Gasteiger partial charge in [0.15, 0.2) is 0 Å². The van der Waals surface area contributed by atoms with E-state index in [-0.39, 0.29) is 25.5 Å². The van der Waals surface area contributed by atoms with E-state index in [1.165, 1.54) is 11.1 Å². The van der Waals surface area contributed by atoms with E-state index in [4.69, 9.17) is 9.47 Å². The van der Waals surface area contributed by atoms with Gasteiger partial charge in [0.25, 0.3) is 0 Å². The van der Waals surface area contributed by atoms with Crippen molar-refractivity contribution in [2.24, 2.45) is 0 Å². The first-order valence-electron chi connectivity index (χ1n) is 11.3. The van der Waals surface area contributed by atoms with Crippen molar-refractivity contribution in [1.29, 1.82) is 0 Å². The Balaban J connectivity index is 1.28. The summed E-state index contributed by atoms with van der Waals surface area (Å²) in [5, 5.41) is 23.6. The molecule has 33 heavy (non-hydrogen) atoms. The monoisotopic (exact) mass is 447 g/mol. The Morgan fingerprint density at radius 3 is 2.21 bits per heavy atom. The molecule has 1 aliphatic carbocycles. The second-order valence-corrected chi connectivity index (χ2v) is 8.02. The predicted octanol–water partition coefficient (Wildman–Crippen LogP) is 4.41. The topological polar surface area (TPSA) is 88.0 Å². The largest absolute Gasteiger partial charge is 0.493 e. The highest BCUT2D eigenvalue weighted by molar-refractivity contribution is 5.79. The highest BCUT2D eigenvalue weighted by Crippen LogP contribution is 2.44. The van der Waals surface area contributed by atoms with Gasteiger partial charge in [0.05, 0.1) is 12.7 Å². The van der Waals surface area contributed by atoms with Crippen LogP contribution in [0.2, 0.25) is 0 Å². The lowest BCUT2D eigenvalue weighted by Crippen LogP contribution is -2.30. The zero-order valence-corrected chi connectivity index (χ0v) is 18.6.